The summed E-state index contributed by atoms with van der Waals surface area (Å²) in [6.45, 7) is 0.695. The Morgan fingerprint density at radius 3 is 3.00 bits per heavy atom. The minimum absolute atomic E-state index is 0.0200. The van der Waals surface area contributed by atoms with Crippen LogP contribution in [0.15, 0.2) is 18.3 Å². The monoisotopic (exact) mass is 220 g/mol. The first-order valence-corrected chi connectivity index (χ1v) is 5.80. The van der Waals surface area contributed by atoms with Crippen LogP contribution in [0.1, 0.15) is 18.5 Å². The lowest BCUT2D eigenvalue weighted by Gasteiger charge is -2.14. The van der Waals surface area contributed by atoms with Gasteiger partial charge in [-0.05, 0) is 30.9 Å². The van der Waals surface area contributed by atoms with Crippen molar-refractivity contribution in [1.29, 1.82) is 0 Å². The van der Waals surface area contributed by atoms with Gasteiger partial charge in [-0.25, -0.2) is 0 Å². The number of aliphatic hydroxyl groups is 1. The molecule has 1 aliphatic carbocycles. The van der Waals surface area contributed by atoms with Crippen molar-refractivity contribution >= 4 is 0 Å². The van der Waals surface area contributed by atoms with Crippen molar-refractivity contribution < 1.29 is 9.84 Å². The van der Waals surface area contributed by atoms with Crippen LogP contribution in [-0.4, -0.2) is 28.8 Å². The predicted octanol–water partition coefficient (Wildman–Crippen LogP) is 0.703. The lowest BCUT2D eigenvalue weighted by Crippen LogP contribution is -2.31. The number of aliphatic hydroxyl groups excluding tert-OH is 1. The second kappa shape index (κ2) is 4.03. The van der Waals surface area contributed by atoms with Crippen LogP contribution in [0.3, 0.4) is 0 Å². The van der Waals surface area contributed by atoms with Crippen molar-refractivity contribution in [1.82, 2.24) is 10.3 Å². The van der Waals surface area contributed by atoms with Crippen molar-refractivity contribution in [3.05, 3.63) is 24.0 Å². The average Bonchev–Trinajstić information content (AvgIpc) is 2.95. The molecule has 2 aliphatic rings. The predicted molar refractivity (Wildman–Crippen MR) is 59.1 cm³/mol. The first-order valence-electron chi connectivity index (χ1n) is 5.80. The number of ether oxygens (including phenoxy) is 1. The fraction of sp³-hybridized carbons (Fsp3) is 0.583. The Morgan fingerprint density at radius 2 is 2.38 bits per heavy atom. The molecule has 4 nitrogen and oxygen atoms in total. The third kappa shape index (κ3) is 2.03. The summed E-state index contributed by atoms with van der Waals surface area (Å²) in [4.78, 5) is 4.07. The van der Waals surface area contributed by atoms with Crippen LogP contribution in [0.25, 0.3) is 0 Å². The Balaban J connectivity index is 1.50. The molecule has 86 valence electrons. The molecule has 1 aliphatic heterocycles. The molecule has 3 unspecified atom stereocenters. The largest absolute Gasteiger partial charge is 0.490 e. The van der Waals surface area contributed by atoms with E-state index in [1.54, 1.807) is 12.3 Å². The summed E-state index contributed by atoms with van der Waals surface area (Å²) in [7, 11) is 0. The molecule has 2 N–H and O–H groups in total. The molecule has 0 aromatic carbocycles. The van der Waals surface area contributed by atoms with E-state index >= 15 is 0 Å². The smallest absolute Gasteiger partial charge is 0.137 e. The van der Waals surface area contributed by atoms with Crippen LogP contribution in [0.5, 0.6) is 5.75 Å². The van der Waals surface area contributed by atoms with Crippen molar-refractivity contribution in [3.63, 3.8) is 0 Å². The van der Waals surface area contributed by atoms with Gasteiger partial charge in [0.2, 0.25) is 0 Å². The van der Waals surface area contributed by atoms with E-state index < -0.39 is 0 Å². The van der Waals surface area contributed by atoms with E-state index in [2.05, 4.69) is 10.3 Å². The number of hydrogen-bond acceptors (Lipinski definition) is 4. The van der Waals surface area contributed by atoms with Gasteiger partial charge in [0.25, 0.3) is 0 Å². The molecule has 16 heavy (non-hydrogen) atoms. The fourth-order valence-corrected chi connectivity index (χ4v) is 2.35. The lowest BCUT2D eigenvalue weighted by molar-refractivity contribution is 0.264. The Labute approximate surface area is 94.7 Å². The zero-order valence-electron chi connectivity index (χ0n) is 9.10. The number of nitrogens with one attached hydrogen (secondary N) is 1. The van der Waals surface area contributed by atoms with E-state index in [1.165, 1.54) is 12.8 Å². The maximum atomic E-state index is 8.85. The van der Waals surface area contributed by atoms with Crippen LogP contribution in [0.4, 0.5) is 0 Å². The normalized spacial score (nSPS) is 31.2. The molecule has 0 spiro atoms. The molecule has 1 saturated heterocycles. The summed E-state index contributed by atoms with van der Waals surface area (Å²) in [5.41, 5.74) is 0.674. The summed E-state index contributed by atoms with van der Waals surface area (Å²) >= 11 is 0. The highest BCUT2D eigenvalue weighted by molar-refractivity contribution is 5.19. The molecule has 1 aromatic rings. The summed E-state index contributed by atoms with van der Waals surface area (Å²) in [5, 5.41) is 12.4. The highest BCUT2D eigenvalue weighted by Crippen LogP contribution is 2.40. The molecule has 0 radical (unpaired) electrons. The highest BCUT2D eigenvalue weighted by Gasteiger charge is 2.45. The van der Waals surface area contributed by atoms with Crippen LogP contribution in [0.2, 0.25) is 0 Å². The van der Waals surface area contributed by atoms with Gasteiger partial charge in [0.15, 0.2) is 0 Å². The zero-order valence-corrected chi connectivity index (χ0v) is 9.10. The zero-order chi connectivity index (χ0) is 11.0. The summed E-state index contributed by atoms with van der Waals surface area (Å²) in [6.07, 6.45) is 4.26. The Morgan fingerprint density at radius 1 is 1.44 bits per heavy atom. The van der Waals surface area contributed by atoms with E-state index in [1.807, 2.05) is 6.07 Å². The fourth-order valence-electron chi connectivity index (χ4n) is 2.35. The molecule has 3 rings (SSSR count). The quantitative estimate of drug-likeness (QED) is 0.784. The number of pyridine rings is 1. The molecular weight excluding hydrogens is 204 g/mol. The van der Waals surface area contributed by atoms with Gasteiger partial charge in [0.1, 0.15) is 12.4 Å². The van der Waals surface area contributed by atoms with E-state index in [0.29, 0.717) is 18.3 Å². The Hall–Kier alpha value is -1.13. The van der Waals surface area contributed by atoms with Crippen molar-refractivity contribution in [2.24, 2.45) is 5.92 Å². The standard InChI is InChI=1S/C12H16N2O2/c15-6-9-1-2-11(5-13-9)16-7-10-3-8-4-12(8)14-10/h1-2,5,8,10,12,14-15H,3-4,6-7H2. The van der Waals surface area contributed by atoms with Gasteiger partial charge < -0.3 is 15.2 Å². The third-order valence-corrected chi connectivity index (χ3v) is 3.37. The molecule has 1 aromatic heterocycles. The topological polar surface area (TPSA) is 54.4 Å². The molecule has 2 fully saturated rings. The van der Waals surface area contributed by atoms with Gasteiger partial charge in [-0.1, -0.05) is 0 Å². The van der Waals surface area contributed by atoms with Crippen molar-refractivity contribution in [2.45, 2.75) is 31.5 Å². The number of nitrogens with zero attached hydrogens (tertiary/aromatic N) is 1. The molecule has 2 heterocycles. The Kier molecular flexibility index (Phi) is 2.53. The maximum Gasteiger partial charge on any atom is 0.137 e. The molecule has 3 atom stereocenters. The van der Waals surface area contributed by atoms with E-state index in [4.69, 9.17) is 9.84 Å². The SMILES string of the molecule is OCc1ccc(OCC2CC3CC3N2)cn1. The van der Waals surface area contributed by atoms with Crippen LogP contribution >= 0.6 is 0 Å². The Bertz CT molecular complexity index is 356. The van der Waals surface area contributed by atoms with Crippen LogP contribution < -0.4 is 10.1 Å². The second-order valence-electron chi connectivity index (χ2n) is 4.66. The highest BCUT2D eigenvalue weighted by atomic mass is 16.5. The van der Waals surface area contributed by atoms with Gasteiger partial charge in [-0.3, -0.25) is 4.98 Å². The minimum Gasteiger partial charge on any atom is -0.490 e. The summed E-state index contributed by atoms with van der Waals surface area (Å²) in [6, 6.07) is 4.91. The molecule has 1 saturated carbocycles. The molecule has 0 amide bonds. The molecule has 0 bridgehead atoms. The second-order valence-corrected chi connectivity index (χ2v) is 4.66. The van der Waals surface area contributed by atoms with Crippen LogP contribution in [-0.2, 0) is 6.61 Å². The van der Waals surface area contributed by atoms with Gasteiger partial charge in [-0.15, -0.1) is 0 Å². The number of piperidine rings is 1. The first-order chi connectivity index (χ1) is 7.85. The maximum absolute atomic E-state index is 8.85. The summed E-state index contributed by atoms with van der Waals surface area (Å²) in [5.74, 6) is 1.68. The van der Waals surface area contributed by atoms with Crippen molar-refractivity contribution in [3.8, 4) is 5.75 Å². The molecular formula is C12H16N2O2. The van der Waals surface area contributed by atoms with E-state index in [-0.39, 0.29) is 6.61 Å². The van der Waals surface area contributed by atoms with Gasteiger partial charge in [-0.2, -0.15) is 0 Å². The van der Waals surface area contributed by atoms with Gasteiger partial charge in [0, 0.05) is 12.1 Å². The van der Waals surface area contributed by atoms with Crippen molar-refractivity contribution in [2.75, 3.05) is 6.61 Å². The minimum atomic E-state index is -0.0200. The van der Waals surface area contributed by atoms with Gasteiger partial charge in [0.05, 0.1) is 18.5 Å². The lowest BCUT2D eigenvalue weighted by atomic mass is 10.2. The van der Waals surface area contributed by atoms with E-state index in [9.17, 15) is 0 Å². The van der Waals surface area contributed by atoms with Crippen LogP contribution in [0, 0.1) is 5.92 Å². The first kappa shape index (κ1) is 10.1. The summed E-state index contributed by atoms with van der Waals surface area (Å²) < 4.78 is 5.65. The average molecular weight is 220 g/mol. The van der Waals surface area contributed by atoms with Gasteiger partial charge >= 0.3 is 0 Å². The number of fused-ring (bicyclic) bond motifs is 1. The molecule has 4 heteroatoms. The van der Waals surface area contributed by atoms with E-state index in [0.717, 1.165) is 17.7 Å². The third-order valence-electron chi connectivity index (χ3n) is 3.37. The number of rotatable bonds is 4. The number of aromatic nitrogens is 1. The number of hydrogen-bond donors (Lipinski definition) is 2.